The minimum atomic E-state index is 0.510. The minimum Gasteiger partial charge on any atom is -0.316 e. The van der Waals surface area contributed by atoms with Gasteiger partial charge in [-0.2, -0.15) is 0 Å². The maximum Gasteiger partial charge on any atom is 0.0109 e. The lowest BCUT2D eigenvalue weighted by atomic mass is 9.66. The van der Waals surface area contributed by atoms with Gasteiger partial charge in [0.2, 0.25) is 0 Å². The summed E-state index contributed by atoms with van der Waals surface area (Å²) in [4.78, 5) is 1.65. The number of thiophene rings is 1. The molecule has 1 aromatic rings. The summed E-state index contributed by atoms with van der Waals surface area (Å²) in [6.07, 6.45) is 4.10. The quantitative estimate of drug-likeness (QED) is 0.785. The Hall–Kier alpha value is -0.340. The Morgan fingerprint density at radius 1 is 1.40 bits per heavy atom. The van der Waals surface area contributed by atoms with Crippen LogP contribution in [-0.4, -0.2) is 13.1 Å². The van der Waals surface area contributed by atoms with Crippen molar-refractivity contribution in [2.75, 3.05) is 13.1 Å². The molecule has 0 aromatic carbocycles. The minimum absolute atomic E-state index is 0.510. The molecule has 2 rings (SSSR count). The van der Waals surface area contributed by atoms with E-state index in [9.17, 15) is 0 Å². The van der Waals surface area contributed by atoms with Gasteiger partial charge >= 0.3 is 0 Å². The fourth-order valence-electron chi connectivity index (χ4n) is 3.51. The monoisotopic (exact) mass is 293 g/mol. The topological polar surface area (TPSA) is 12.0 Å². The second-order valence-electron chi connectivity index (χ2n) is 7.79. The van der Waals surface area contributed by atoms with E-state index in [1.54, 1.807) is 4.88 Å². The van der Waals surface area contributed by atoms with Crippen molar-refractivity contribution in [1.29, 1.82) is 0 Å². The largest absolute Gasteiger partial charge is 0.316 e. The standard InChI is InChI=1S/C18H31NS/c1-13(2)11-19-12-15-6-8-18(4,5)10-16(15)17-14(3)7-9-20-17/h7,9,13,15-16,19H,6,8,10-12H2,1-5H3. The van der Waals surface area contributed by atoms with Gasteiger partial charge in [0, 0.05) is 4.88 Å². The van der Waals surface area contributed by atoms with Gasteiger partial charge in [-0.3, -0.25) is 0 Å². The van der Waals surface area contributed by atoms with Crippen LogP contribution in [-0.2, 0) is 0 Å². The molecule has 2 unspecified atom stereocenters. The molecule has 1 aliphatic rings. The van der Waals surface area contributed by atoms with E-state index in [0.29, 0.717) is 5.41 Å². The highest BCUT2D eigenvalue weighted by Crippen LogP contribution is 2.48. The van der Waals surface area contributed by atoms with E-state index in [1.807, 2.05) is 11.3 Å². The zero-order chi connectivity index (χ0) is 14.8. The highest BCUT2D eigenvalue weighted by Gasteiger charge is 2.36. The first-order chi connectivity index (χ1) is 9.39. The molecule has 1 saturated carbocycles. The normalized spacial score (nSPS) is 26.1. The fourth-order valence-corrected chi connectivity index (χ4v) is 4.64. The Morgan fingerprint density at radius 2 is 2.15 bits per heavy atom. The molecule has 2 heteroatoms. The average Bonchev–Trinajstić information content (AvgIpc) is 2.76. The molecule has 0 bridgehead atoms. The number of rotatable bonds is 5. The van der Waals surface area contributed by atoms with Crippen LogP contribution in [0.25, 0.3) is 0 Å². The van der Waals surface area contributed by atoms with E-state index in [2.05, 4.69) is 51.4 Å². The predicted octanol–water partition coefficient (Wildman–Crippen LogP) is 5.21. The van der Waals surface area contributed by atoms with Gasteiger partial charge in [0.25, 0.3) is 0 Å². The Kier molecular flexibility index (Phi) is 5.30. The average molecular weight is 294 g/mol. The van der Waals surface area contributed by atoms with Crippen LogP contribution in [0.15, 0.2) is 11.4 Å². The molecule has 1 aliphatic carbocycles. The van der Waals surface area contributed by atoms with E-state index in [0.717, 1.165) is 24.3 Å². The lowest BCUT2D eigenvalue weighted by molar-refractivity contribution is 0.160. The number of aryl methyl sites for hydroxylation is 1. The van der Waals surface area contributed by atoms with Gasteiger partial charge in [-0.1, -0.05) is 27.7 Å². The molecule has 1 aromatic heterocycles. The summed E-state index contributed by atoms with van der Waals surface area (Å²) in [6, 6.07) is 2.29. The predicted molar refractivity (Wildman–Crippen MR) is 90.6 cm³/mol. The Bertz CT molecular complexity index is 419. The summed E-state index contributed by atoms with van der Waals surface area (Å²) in [5.74, 6) is 2.33. The van der Waals surface area contributed by atoms with Gasteiger partial charge in [0.1, 0.15) is 0 Å². The van der Waals surface area contributed by atoms with Crippen LogP contribution in [0.3, 0.4) is 0 Å². The first-order valence-corrected chi connectivity index (χ1v) is 9.02. The van der Waals surface area contributed by atoms with E-state index in [4.69, 9.17) is 0 Å². The van der Waals surface area contributed by atoms with Crippen molar-refractivity contribution in [1.82, 2.24) is 5.32 Å². The van der Waals surface area contributed by atoms with Crippen LogP contribution in [0, 0.1) is 24.2 Å². The summed E-state index contributed by atoms with van der Waals surface area (Å²) in [5.41, 5.74) is 2.02. The molecule has 0 radical (unpaired) electrons. The second kappa shape index (κ2) is 6.62. The molecular formula is C18H31NS. The third-order valence-corrected chi connectivity index (χ3v) is 5.88. The Labute approximate surface area is 129 Å². The molecule has 2 atom stereocenters. The van der Waals surface area contributed by atoms with E-state index < -0.39 is 0 Å². The van der Waals surface area contributed by atoms with Crippen molar-refractivity contribution in [3.05, 3.63) is 21.9 Å². The fraction of sp³-hybridized carbons (Fsp3) is 0.778. The molecule has 0 aliphatic heterocycles. The third kappa shape index (κ3) is 4.08. The van der Waals surface area contributed by atoms with Crippen molar-refractivity contribution in [3.8, 4) is 0 Å². The van der Waals surface area contributed by atoms with Gasteiger partial charge in [0.15, 0.2) is 0 Å². The molecule has 0 amide bonds. The first-order valence-electron chi connectivity index (χ1n) is 8.14. The van der Waals surface area contributed by atoms with Crippen molar-refractivity contribution in [2.24, 2.45) is 17.3 Å². The van der Waals surface area contributed by atoms with Crippen LogP contribution in [0.5, 0.6) is 0 Å². The highest BCUT2D eigenvalue weighted by atomic mass is 32.1. The summed E-state index contributed by atoms with van der Waals surface area (Å²) in [5, 5.41) is 5.97. The Balaban J connectivity index is 2.07. The summed E-state index contributed by atoms with van der Waals surface area (Å²) >= 11 is 1.97. The maximum atomic E-state index is 3.70. The van der Waals surface area contributed by atoms with Crippen molar-refractivity contribution in [3.63, 3.8) is 0 Å². The van der Waals surface area contributed by atoms with Crippen molar-refractivity contribution in [2.45, 2.75) is 59.8 Å². The van der Waals surface area contributed by atoms with Gasteiger partial charge in [-0.05, 0) is 79.5 Å². The lowest BCUT2D eigenvalue weighted by Gasteiger charge is -2.41. The summed E-state index contributed by atoms with van der Waals surface area (Å²) in [6.45, 7) is 14.1. The van der Waals surface area contributed by atoms with Crippen molar-refractivity contribution >= 4 is 11.3 Å². The lowest BCUT2D eigenvalue weighted by Crippen LogP contribution is -2.35. The van der Waals surface area contributed by atoms with Crippen LogP contribution in [0.4, 0.5) is 0 Å². The van der Waals surface area contributed by atoms with Gasteiger partial charge < -0.3 is 5.32 Å². The highest BCUT2D eigenvalue weighted by molar-refractivity contribution is 7.10. The van der Waals surface area contributed by atoms with Gasteiger partial charge in [0.05, 0.1) is 0 Å². The van der Waals surface area contributed by atoms with Gasteiger partial charge in [-0.25, -0.2) is 0 Å². The van der Waals surface area contributed by atoms with E-state index in [1.165, 1.54) is 31.4 Å². The Morgan fingerprint density at radius 3 is 2.75 bits per heavy atom. The number of nitrogens with one attached hydrogen (secondary N) is 1. The van der Waals surface area contributed by atoms with Crippen LogP contribution < -0.4 is 5.32 Å². The summed E-state index contributed by atoms with van der Waals surface area (Å²) in [7, 11) is 0. The maximum absolute atomic E-state index is 3.70. The molecule has 1 N–H and O–H groups in total. The van der Waals surface area contributed by atoms with Crippen molar-refractivity contribution < 1.29 is 0 Å². The number of hydrogen-bond donors (Lipinski definition) is 1. The van der Waals surface area contributed by atoms with Crippen LogP contribution >= 0.6 is 11.3 Å². The molecule has 20 heavy (non-hydrogen) atoms. The molecule has 0 spiro atoms. The molecular weight excluding hydrogens is 262 g/mol. The second-order valence-corrected chi connectivity index (χ2v) is 8.74. The molecule has 1 nitrogen and oxygen atoms in total. The third-order valence-electron chi connectivity index (χ3n) is 4.73. The van der Waals surface area contributed by atoms with Gasteiger partial charge in [-0.15, -0.1) is 11.3 Å². The first kappa shape index (κ1) is 16.0. The van der Waals surface area contributed by atoms with E-state index >= 15 is 0 Å². The van der Waals surface area contributed by atoms with Crippen LogP contribution in [0.2, 0.25) is 0 Å². The SMILES string of the molecule is Cc1ccsc1C1CC(C)(C)CCC1CNCC(C)C. The zero-order valence-electron chi connectivity index (χ0n) is 13.8. The molecule has 1 fully saturated rings. The molecule has 0 saturated heterocycles. The molecule has 1 heterocycles. The number of hydrogen-bond acceptors (Lipinski definition) is 2. The van der Waals surface area contributed by atoms with E-state index in [-0.39, 0.29) is 0 Å². The smallest absolute Gasteiger partial charge is 0.0109 e. The molecule has 114 valence electrons. The zero-order valence-corrected chi connectivity index (χ0v) is 14.6. The summed E-state index contributed by atoms with van der Waals surface area (Å²) < 4.78 is 0. The van der Waals surface area contributed by atoms with Crippen LogP contribution in [0.1, 0.15) is 63.3 Å².